The number of aromatic nitrogens is 5. The summed E-state index contributed by atoms with van der Waals surface area (Å²) in [6.07, 6.45) is 1.98. The first-order valence-electron chi connectivity index (χ1n) is 6.71. The molecule has 0 atom stereocenters. The summed E-state index contributed by atoms with van der Waals surface area (Å²) in [7, 11) is 0. The lowest BCUT2D eigenvalue weighted by atomic mass is 10.4. The molecule has 110 valence electrons. The largest absolute Gasteiger partial charge is 0.423 e. The number of nitrogens with zero attached hydrogens (tertiary/aromatic N) is 5. The molecule has 0 aliphatic heterocycles. The van der Waals surface area contributed by atoms with Gasteiger partial charge in [-0.2, -0.15) is 0 Å². The van der Waals surface area contributed by atoms with Crippen LogP contribution in [0.5, 0.6) is 0 Å². The van der Waals surface area contributed by atoms with Crippen LogP contribution < -0.4 is 0 Å². The third-order valence-electron chi connectivity index (χ3n) is 2.54. The summed E-state index contributed by atoms with van der Waals surface area (Å²) in [5.74, 6) is 1.12. The molecule has 0 N–H and O–H groups in total. The van der Waals surface area contributed by atoms with Crippen LogP contribution in [0, 0.1) is 0 Å². The van der Waals surface area contributed by atoms with Crippen molar-refractivity contribution in [1.29, 1.82) is 0 Å². The van der Waals surface area contributed by atoms with Crippen molar-refractivity contribution in [3.63, 3.8) is 0 Å². The van der Waals surface area contributed by atoms with Crippen LogP contribution in [0.4, 0.5) is 0 Å². The summed E-state index contributed by atoms with van der Waals surface area (Å²) in [5.41, 5.74) is 0.629. The Morgan fingerprint density at radius 3 is 2.40 bits per heavy atom. The minimum absolute atomic E-state index is 0.380. The highest BCUT2D eigenvalue weighted by molar-refractivity contribution is 4.96. The van der Waals surface area contributed by atoms with Crippen LogP contribution in [-0.4, -0.2) is 38.4 Å². The molecule has 8 heteroatoms. The molecule has 8 nitrogen and oxygen atoms in total. The Morgan fingerprint density at radius 2 is 1.80 bits per heavy atom. The van der Waals surface area contributed by atoms with Gasteiger partial charge in [0.25, 0.3) is 0 Å². The van der Waals surface area contributed by atoms with Crippen molar-refractivity contribution in [2.75, 3.05) is 13.2 Å². The van der Waals surface area contributed by atoms with Gasteiger partial charge in [0.1, 0.15) is 12.2 Å². The highest BCUT2D eigenvalue weighted by atomic mass is 16.7. The first kappa shape index (κ1) is 14.6. The van der Waals surface area contributed by atoms with E-state index in [1.54, 1.807) is 10.9 Å². The summed E-state index contributed by atoms with van der Waals surface area (Å²) in [6.45, 7) is 7.23. The average Bonchev–Trinajstić information content (AvgIpc) is 3.08. The molecule has 0 saturated heterocycles. The maximum atomic E-state index is 5.46. The van der Waals surface area contributed by atoms with Crippen LogP contribution in [0.1, 0.15) is 44.5 Å². The summed E-state index contributed by atoms with van der Waals surface area (Å²) in [6, 6.07) is 0. The Balaban J connectivity index is 2.03. The summed E-state index contributed by atoms with van der Waals surface area (Å²) >= 11 is 0. The zero-order valence-corrected chi connectivity index (χ0v) is 11.9. The molecule has 2 aromatic rings. The quantitative estimate of drug-likeness (QED) is 0.674. The van der Waals surface area contributed by atoms with E-state index in [9.17, 15) is 0 Å². The minimum Gasteiger partial charge on any atom is -0.423 e. The van der Waals surface area contributed by atoms with Crippen LogP contribution in [0.25, 0.3) is 0 Å². The third-order valence-corrected chi connectivity index (χ3v) is 2.54. The molecular formula is C12H19N5O3. The van der Waals surface area contributed by atoms with E-state index in [1.165, 1.54) is 0 Å². The Morgan fingerprint density at radius 1 is 1.10 bits per heavy atom. The molecule has 0 amide bonds. The van der Waals surface area contributed by atoms with Gasteiger partial charge in [-0.3, -0.25) is 0 Å². The molecule has 2 rings (SSSR count). The molecular weight excluding hydrogens is 262 g/mol. The third kappa shape index (κ3) is 3.61. The van der Waals surface area contributed by atoms with Gasteiger partial charge < -0.3 is 13.9 Å². The highest BCUT2D eigenvalue weighted by Crippen LogP contribution is 2.16. The van der Waals surface area contributed by atoms with E-state index in [0.717, 1.165) is 0 Å². The zero-order valence-electron chi connectivity index (χ0n) is 11.9. The summed E-state index contributed by atoms with van der Waals surface area (Å²) < 4.78 is 18.0. The van der Waals surface area contributed by atoms with Gasteiger partial charge in [0, 0.05) is 19.6 Å². The summed E-state index contributed by atoms with van der Waals surface area (Å²) in [4.78, 5) is 0. The van der Waals surface area contributed by atoms with E-state index in [2.05, 4.69) is 20.5 Å². The lowest BCUT2D eigenvalue weighted by Crippen LogP contribution is -2.09. The number of rotatable bonds is 8. The van der Waals surface area contributed by atoms with Crippen molar-refractivity contribution in [1.82, 2.24) is 25.2 Å². The molecule has 0 saturated carbocycles. The normalized spacial score (nSPS) is 11.4. The summed E-state index contributed by atoms with van der Waals surface area (Å²) in [5, 5.41) is 15.9. The molecule has 0 bridgehead atoms. The average molecular weight is 281 g/mol. The van der Waals surface area contributed by atoms with Gasteiger partial charge in [-0.15, -0.1) is 15.3 Å². The molecule has 0 aromatic carbocycles. The van der Waals surface area contributed by atoms with Crippen molar-refractivity contribution < 1.29 is 13.9 Å². The molecule has 0 aliphatic carbocycles. The van der Waals surface area contributed by atoms with E-state index < -0.39 is 6.29 Å². The SMILES string of the molecule is CCOC(OCC)c1cn(Cc2nnc(CC)o2)nn1. The fourth-order valence-electron chi connectivity index (χ4n) is 1.65. The van der Waals surface area contributed by atoms with Gasteiger partial charge in [0.05, 0.1) is 6.20 Å². The van der Waals surface area contributed by atoms with Gasteiger partial charge in [0.2, 0.25) is 18.1 Å². The topological polar surface area (TPSA) is 88.1 Å². The van der Waals surface area contributed by atoms with Crippen molar-refractivity contribution in [2.24, 2.45) is 0 Å². The van der Waals surface area contributed by atoms with Gasteiger partial charge in [-0.25, -0.2) is 4.68 Å². The Labute approximate surface area is 117 Å². The van der Waals surface area contributed by atoms with Gasteiger partial charge in [-0.1, -0.05) is 12.1 Å². The fraction of sp³-hybridized carbons (Fsp3) is 0.667. The van der Waals surface area contributed by atoms with E-state index in [0.29, 0.717) is 43.7 Å². The number of hydrogen-bond acceptors (Lipinski definition) is 7. The lowest BCUT2D eigenvalue weighted by molar-refractivity contribution is -0.142. The van der Waals surface area contributed by atoms with Crippen LogP contribution in [0.3, 0.4) is 0 Å². The van der Waals surface area contributed by atoms with Crippen LogP contribution >= 0.6 is 0 Å². The standard InChI is InChI=1S/C12H19N5O3/c1-4-10-14-15-11(20-10)8-17-7-9(13-16-17)12(18-5-2)19-6-3/h7,12H,4-6,8H2,1-3H3. The van der Waals surface area contributed by atoms with Crippen molar-refractivity contribution >= 4 is 0 Å². The fourth-order valence-corrected chi connectivity index (χ4v) is 1.65. The predicted octanol–water partition coefficient (Wildman–Crippen LogP) is 1.34. The van der Waals surface area contributed by atoms with E-state index >= 15 is 0 Å². The van der Waals surface area contributed by atoms with Crippen molar-refractivity contribution in [3.05, 3.63) is 23.7 Å². The van der Waals surface area contributed by atoms with Crippen LogP contribution in [0.15, 0.2) is 10.6 Å². The molecule has 0 radical (unpaired) electrons. The first-order valence-corrected chi connectivity index (χ1v) is 6.71. The Bertz CT molecular complexity index is 519. The molecule has 2 heterocycles. The molecule has 2 aromatic heterocycles. The van der Waals surface area contributed by atoms with E-state index in [-0.39, 0.29) is 0 Å². The maximum Gasteiger partial charge on any atom is 0.237 e. The molecule has 0 unspecified atom stereocenters. The molecule has 0 spiro atoms. The van der Waals surface area contributed by atoms with Crippen molar-refractivity contribution in [3.8, 4) is 0 Å². The Hall–Kier alpha value is -1.80. The lowest BCUT2D eigenvalue weighted by Gasteiger charge is -2.13. The zero-order chi connectivity index (χ0) is 14.4. The molecule has 20 heavy (non-hydrogen) atoms. The van der Waals surface area contributed by atoms with E-state index in [1.807, 2.05) is 20.8 Å². The second-order valence-electron chi connectivity index (χ2n) is 4.03. The first-order chi connectivity index (χ1) is 9.76. The minimum atomic E-state index is -0.493. The smallest absolute Gasteiger partial charge is 0.237 e. The van der Waals surface area contributed by atoms with Gasteiger partial charge in [0.15, 0.2) is 0 Å². The highest BCUT2D eigenvalue weighted by Gasteiger charge is 2.16. The molecule has 0 aliphatic rings. The number of hydrogen-bond donors (Lipinski definition) is 0. The number of aryl methyl sites for hydroxylation is 1. The van der Waals surface area contributed by atoms with Crippen LogP contribution in [-0.2, 0) is 22.4 Å². The predicted molar refractivity (Wildman–Crippen MR) is 68.8 cm³/mol. The maximum absolute atomic E-state index is 5.46. The second kappa shape index (κ2) is 7.11. The molecule has 0 fully saturated rings. The van der Waals surface area contributed by atoms with E-state index in [4.69, 9.17) is 13.9 Å². The van der Waals surface area contributed by atoms with Gasteiger partial charge >= 0.3 is 0 Å². The van der Waals surface area contributed by atoms with Gasteiger partial charge in [-0.05, 0) is 13.8 Å². The van der Waals surface area contributed by atoms with Crippen molar-refractivity contribution in [2.45, 2.75) is 40.0 Å². The number of ether oxygens (including phenoxy) is 2. The van der Waals surface area contributed by atoms with Crippen LogP contribution in [0.2, 0.25) is 0 Å². The Kier molecular flexibility index (Phi) is 5.19. The monoisotopic (exact) mass is 281 g/mol. The second-order valence-corrected chi connectivity index (χ2v) is 4.03.